The Bertz CT molecular complexity index is 1120. The Morgan fingerprint density at radius 2 is 0.900 bits per heavy atom. The molecule has 6 heteroatoms. The van der Waals surface area contributed by atoms with Crippen LogP contribution in [-0.4, -0.2) is 46.9 Å². The molecular weight excluding hydrogens is 743 g/mol. The third-order valence-corrected chi connectivity index (χ3v) is 11.2. The normalized spacial score (nSPS) is 13.9. The minimum absolute atomic E-state index is 0.0469. The second-order valence-corrected chi connectivity index (χ2v) is 16.9. The fourth-order valence-electron chi connectivity index (χ4n) is 7.37. The van der Waals surface area contributed by atoms with Crippen molar-refractivity contribution in [1.29, 1.82) is 0 Å². The first-order valence-corrected chi connectivity index (χ1v) is 25.2. The standard InChI is InChI=1S/C54H95NO5/c1-4-7-10-13-16-19-22-24-26-28-31-34-37-40-43-46-52(57)51(49-56)55-53(58)48-50(45-42-39-36-33-30-21-18-15-12-9-6-3)60-54(59)47-44-41-38-35-32-29-27-25-23-20-17-14-11-8-5-2/h8-9,11-12,14-15,17-18,20-21,23,30,50-52,56-57H,4-7,10,13,16,19,22,24-29,31-49H2,1-3H3,(H,55,58)/b11-8+,12-9+,17-14+,18-15+,23-20+,30-21-. The van der Waals surface area contributed by atoms with E-state index in [1.807, 2.05) is 12.2 Å². The van der Waals surface area contributed by atoms with Crippen LogP contribution < -0.4 is 5.32 Å². The fourth-order valence-corrected chi connectivity index (χ4v) is 7.37. The predicted molar refractivity (Wildman–Crippen MR) is 259 cm³/mol. The quantitative estimate of drug-likeness (QED) is 0.0323. The fraction of sp³-hybridized carbons (Fsp3) is 0.741. The molecule has 6 nitrogen and oxygen atoms in total. The molecule has 0 fully saturated rings. The van der Waals surface area contributed by atoms with Gasteiger partial charge in [-0.05, 0) is 64.2 Å². The predicted octanol–water partition coefficient (Wildman–Crippen LogP) is 15.0. The first-order valence-electron chi connectivity index (χ1n) is 25.2. The summed E-state index contributed by atoms with van der Waals surface area (Å²) in [5, 5.41) is 23.7. The number of hydrogen-bond acceptors (Lipinski definition) is 5. The molecule has 3 N–H and O–H groups in total. The van der Waals surface area contributed by atoms with Crippen molar-refractivity contribution in [2.24, 2.45) is 0 Å². The van der Waals surface area contributed by atoms with E-state index in [0.717, 1.165) is 83.5 Å². The van der Waals surface area contributed by atoms with Gasteiger partial charge < -0.3 is 20.3 Å². The van der Waals surface area contributed by atoms with E-state index >= 15 is 0 Å². The van der Waals surface area contributed by atoms with Crippen LogP contribution in [0.4, 0.5) is 0 Å². The van der Waals surface area contributed by atoms with Gasteiger partial charge in [-0.25, -0.2) is 0 Å². The lowest BCUT2D eigenvalue weighted by Gasteiger charge is -2.24. The van der Waals surface area contributed by atoms with Gasteiger partial charge >= 0.3 is 5.97 Å². The highest BCUT2D eigenvalue weighted by atomic mass is 16.5. The molecule has 0 aromatic rings. The maximum absolute atomic E-state index is 13.2. The van der Waals surface area contributed by atoms with Gasteiger partial charge in [-0.15, -0.1) is 0 Å². The highest BCUT2D eigenvalue weighted by molar-refractivity contribution is 5.77. The van der Waals surface area contributed by atoms with Crippen LogP contribution in [0, 0.1) is 0 Å². The minimum atomic E-state index is -0.801. The zero-order valence-corrected chi connectivity index (χ0v) is 39.3. The number of nitrogens with one attached hydrogen (secondary N) is 1. The second-order valence-electron chi connectivity index (χ2n) is 16.9. The van der Waals surface area contributed by atoms with Crippen molar-refractivity contribution in [3.63, 3.8) is 0 Å². The van der Waals surface area contributed by atoms with Crippen molar-refractivity contribution in [3.8, 4) is 0 Å². The van der Waals surface area contributed by atoms with Gasteiger partial charge in [-0.3, -0.25) is 9.59 Å². The SMILES string of the molecule is CC/C=C/C=C/C=C\CCCCCC(CC(=O)NC(CO)C(O)CCCCCCCCCCCCCCCCC)OC(=O)CCCCCCCCC/C=C/C=C/C=C/CC. The molecule has 0 saturated heterocycles. The summed E-state index contributed by atoms with van der Waals surface area (Å²) in [6.07, 6.45) is 59.6. The van der Waals surface area contributed by atoms with Crippen LogP contribution in [0.5, 0.6) is 0 Å². The highest BCUT2D eigenvalue weighted by Gasteiger charge is 2.24. The van der Waals surface area contributed by atoms with Gasteiger partial charge in [0.25, 0.3) is 0 Å². The van der Waals surface area contributed by atoms with Gasteiger partial charge in [0.1, 0.15) is 6.10 Å². The molecule has 0 aliphatic rings. The van der Waals surface area contributed by atoms with E-state index < -0.39 is 18.2 Å². The van der Waals surface area contributed by atoms with E-state index in [1.54, 1.807) is 0 Å². The molecule has 0 bridgehead atoms. The minimum Gasteiger partial charge on any atom is -0.462 e. The Morgan fingerprint density at radius 1 is 0.500 bits per heavy atom. The Labute approximate surface area is 371 Å². The molecule has 346 valence electrons. The molecule has 0 saturated carbocycles. The first kappa shape index (κ1) is 57.3. The van der Waals surface area contributed by atoms with Gasteiger partial charge in [-0.2, -0.15) is 0 Å². The van der Waals surface area contributed by atoms with Crippen LogP contribution in [0.25, 0.3) is 0 Å². The number of carbonyl (C=O) groups excluding carboxylic acids is 2. The number of hydrogen-bond donors (Lipinski definition) is 3. The second kappa shape index (κ2) is 47.4. The molecule has 0 heterocycles. The van der Waals surface area contributed by atoms with E-state index in [2.05, 4.69) is 86.8 Å². The summed E-state index contributed by atoms with van der Waals surface area (Å²) in [5.41, 5.74) is 0. The third kappa shape index (κ3) is 42.0. The average Bonchev–Trinajstić information content (AvgIpc) is 3.24. The molecule has 1 amide bonds. The highest BCUT2D eigenvalue weighted by Crippen LogP contribution is 2.17. The van der Waals surface area contributed by atoms with E-state index in [1.165, 1.54) is 103 Å². The molecule has 0 aliphatic heterocycles. The Balaban J connectivity index is 4.57. The summed E-state index contributed by atoms with van der Waals surface area (Å²) in [7, 11) is 0. The van der Waals surface area contributed by atoms with Crippen molar-refractivity contribution >= 4 is 11.9 Å². The number of ether oxygens (including phenoxy) is 1. The summed E-state index contributed by atoms with van der Waals surface area (Å²) in [6.45, 7) is 6.21. The van der Waals surface area contributed by atoms with Gasteiger partial charge in [-0.1, -0.05) is 229 Å². The topological polar surface area (TPSA) is 95.9 Å². The molecule has 3 unspecified atom stereocenters. The first-order chi connectivity index (χ1) is 29.5. The zero-order chi connectivity index (χ0) is 43.8. The third-order valence-electron chi connectivity index (χ3n) is 11.2. The molecule has 0 aromatic heterocycles. The summed E-state index contributed by atoms with van der Waals surface area (Å²) in [4.78, 5) is 26.1. The van der Waals surface area contributed by atoms with Crippen molar-refractivity contribution in [2.75, 3.05) is 6.61 Å². The average molecular weight is 838 g/mol. The number of aliphatic hydroxyl groups is 2. The van der Waals surface area contributed by atoms with Gasteiger partial charge in [0.05, 0.1) is 25.2 Å². The number of unbranched alkanes of at least 4 members (excludes halogenated alkanes) is 24. The van der Waals surface area contributed by atoms with Gasteiger partial charge in [0.15, 0.2) is 0 Å². The number of aliphatic hydroxyl groups excluding tert-OH is 2. The Kier molecular flexibility index (Phi) is 45.2. The summed E-state index contributed by atoms with van der Waals surface area (Å²) in [5.74, 6) is -0.525. The lowest BCUT2D eigenvalue weighted by atomic mass is 10.0. The molecule has 0 aromatic carbocycles. The number of esters is 1. The monoisotopic (exact) mass is 838 g/mol. The van der Waals surface area contributed by atoms with Gasteiger partial charge in [0, 0.05) is 6.42 Å². The lowest BCUT2D eigenvalue weighted by Crippen LogP contribution is -2.46. The van der Waals surface area contributed by atoms with Crippen molar-refractivity contribution in [3.05, 3.63) is 72.9 Å². The van der Waals surface area contributed by atoms with Crippen LogP contribution in [0.15, 0.2) is 72.9 Å². The number of rotatable bonds is 44. The van der Waals surface area contributed by atoms with E-state index in [0.29, 0.717) is 19.3 Å². The van der Waals surface area contributed by atoms with Crippen molar-refractivity contribution in [1.82, 2.24) is 5.32 Å². The van der Waals surface area contributed by atoms with E-state index in [-0.39, 0.29) is 24.9 Å². The van der Waals surface area contributed by atoms with E-state index in [9.17, 15) is 19.8 Å². The maximum atomic E-state index is 13.2. The van der Waals surface area contributed by atoms with Gasteiger partial charge in [0.2, 0.25) is 5.91 Å². The molecule has 60 heavy (non-hydrogen) atoms. The maximum Gasteiger partial charge on any atom is 0.306 e. The summed E-state index contributed by atoms with van der Waals surface area (Å²) >= 11 is 0. The van der Waals surface area contributed by atoms with Crippen LogP contribution >= 0.6 is 0 Å². The van der Waals surface area contributed by atoms with Crippen LogP contribution in [0.2, 0.25) is 0 Å². The number of allylic oxidation sites excluding steroid dienone is 12. The van der Waals surface area contributed by atoms with Crippen LogP contribution in [-0.2, 0) is 14.3 Å². The zero-order valence-electron chi connectivity index (χ0n) is 39.3. The van der Waals surface area contributed by atoms with Crippen molar-refractivity contribution in [2.45, 2.75) is 251 Å². The number of carbonyl (C=O) groups is 2. The Hall–Kier alpha value is -2.70. The Morgan fingerprint density at radius 3 is 1.37 bits per heavy atom. The molecule has 0 rings (SSSR count). The largest absolute Gasteiger partial charge is 0.462 e. The molecule has 0 radical (unpaired) electrons. The van der Waals surface area contributed by atoms with E-state index in [4.69, 9.17) is 4.74 Å². The summed E-state index contributed by atoms with van der Waals surface area (Å²) in [6, 6.07) is -0.717. The molecule has 0 spiro atoms. The molecule has 0 aliphatic carbocycles. The van der Waals surface area contributed by atoms with Crippen molar-refractivity contribution < 1.29 is 24.5 Å². The molecular formula is C54H95NO5. The van der Waals surface area contributed by atoms with Crippen LogP contribution in [0.1, 0.15) is 233 Å². The number of amides is 1. The van der Waals surface area contributed by atoms with Crippen LogP contribution in [0.3, 0.4) is 0 Å². The molecule has 3 atom stereocenters. The smallest absolute Gasteiger partial charge is 0.306 e. The summed E-state index contributed by atoms with van der Waals surface area (Å²) < 4.78 is 5.90. The lowest BCUT2D eigenvalue weighted by molar-refractivity contribution is -0.151.